The molecule has 1 nitrogen and oxygen atoms in total. The molecule has 2 aromatic carbocycles. The molecule has 3 rings (SSSR count). The number of nitriles is 1. The van der Waals surface area contributed by atoms with Crippen LogP contribution >= 0.6 is 0 Å². The summed E-state index contributed by atoms with van der Waals surface area (Å²) < 4.78 is 0. The summed E-state index contributed by atoms with van der Waals surface area (Å²) in [5, 5.41) is 9.17. The van der Waals surface area contributed by atoms with Gasteiger partial charge in [-0.3, -0.25) is 0 Å². The minimum absolute atomic E-state index is 0.796. The van der Waals surface area contributed by atoms with Gasteiger partial charge in [-0.25, -0.2) is 0 Å². The molecule has 0 aromatic heterocycles. The number of nitrogens with zero attached hydrogens (tertiary/aromatic N) is 1. The molecule has 0 N–H and O–H groups in total. The second-order valence-electron chi connectivity index (χ2n) is 4.11. The standard InChI is InChI=1S/C15H11N/c16-10-13-6-3-5-12-9-8-11-4-1-2-7-14(11)15(12)13/h1-7H,8-9H2. The quantitative estimate of drug-likeness (QED) is 0.647. The number of rotatable bonds is 0. The van der Waals surface area contributed by atoms with Crippen molar-refractivity contribution in [2.45, 2.75) is 12.8 Å². The lowest BCUT2D eigenvalue weighted by atomic mass is 9.83. The fraction of sp³-hybridized carbons (Fsp3) is 0.133. The Bertz CT molecular complexity index is 591. The highest BCUT2D eigenvalue weighted by Gasteiger charge is 2.17. The molecule has 0 radical (unpaired) electrons. The average molecular weight is 205 g/mol. The van der Waals surface area contributed by atoms with Crippen LogP contribution in [0, 0.1) is 11.3 Å². The lowest BCUT2D eigenvalue weighted by molar-refractivity contribution is 0.941. The van der Waals surface area contributed by atoms with E-state index in [1.807, 2.05) is 18.2 Å². The fourth-order valence-electron chi connectivity index (χ4n) is 2.47. The van der Waals surface area contributed by atoms with Gasteiger partial charge in [-0.2, -0.15) is 5.26 Å². The second-order valence-corrected chi connectivity index (χ2v) is 4.11. The average Bonchev–Trinajstić information content (AvgIpc) is 2.37. The van der Waals surface area contributed by atoms with Crippen molar-refractivity contribution in [2.75, 3.05) is 0 Å². The van der Waals surface area contributed by atoms with E-state index < -0.39 is 0 Å². The summed E-state index contributed by atoms with van der Waals surface area (Å²) in [6.45, 7) is 0. The predicted molar refractivity (Wildman–Crippen MR) is 64.0 cm³/mol. The van der Waals surface area contributed by atoms with Gasteiger partial charge in [0.1, 0.15) is 0 Å². The van der Waals surface area contributed by atoms with E-state index in [1.165, 1.54) is 16.7 Å². The van der Waals surface area contributed by atoms with E-state index in [0.717, 1.165) is 24.0 Å². The van der Waals surface area contributed by atoms with Gasteiger partial charge in [-0.15, -0.1) is 0 Å². The van der Waals surface area contributed by atoms with Crippen LogP contribution in [-0.4, -0.2) is 0 Å². The van der Waals surface area contributed by atoms with Crippen LogP contribution in [0.2, 0.25) is 0 Å². The monoisotopic (exact) mass is 205 g/mol. The minimum atomic E-state index is 0.796. The number of hydrogen-bond acceptors (Lipinski definition) is 1. The van der Waals surface area contributed by atoms with Crippen molar-refractivity contribution in [1.82, 2.24) is 0 Å². The zero-order valence-electron chi connectivity index (χ0n) is 8.90. The molecule has 76 valence electrons. The Labute approximate surface area is 95.0 Å². The van der Waals surface area contributed by atoms with Gasteiger partial charge in [-0.05, 0) is 35.6 Å². The zero-order chi connectivity index (χ0) is 11.0. The summed E-state index contributed by atoms with van der Waals surface area (Å²) in [5.74, 6) is 0. The van der Waals surface area contributed by atoms with Crippen LogP contribution in [0.4, 0.5) is 0 Å². The molecule has 0 saturated heterocycles. The van der Waals surface area contributed by atoms with E-state index in [2.05, 4.69) is 30.3 Å². The number of benzene rings is 2. The third kappa shape index (κ3) is 1.24. The molecule has 0 aliphatic heterocycles. The second kappa shape index (κ2) is 3.50. The number of aryl methyl sites for hydroxylation is 2. The molecule has 0 spiro atoms. The Morgan fingerprint density at radius 1 is 0.875 bits per heavy atom. The predicted octanol–water partition coefficient (Wildman–Crippen LogP) is 3.32. The van der Waals surface area contributed by atoms with Crippen molar-refractivity contribution in [3.63, 3.8) is 0 Å². The van der Waals surface area contributed by atoms with Crippen molar-refractivity contribution in [2.24, 2.45) is 0 Å². The first kappa shape index (κ1) is 9.18. The summed E-state index contributed by atoms with van der Waals surface area (Å²) >= 11 is 0. The van der Waals surface area contributed by atoms with Gasteiger partial charge in [-0.1, -0.05) is 36.4 Å². The molecule has 1 heteroatoms. The molecule has 1 aliphatic rings. The molecule has 16 heavy (non-hydrogen) atoms. The Kier molecular flexibility index (Phi) is 2.01. The summed E-state index contributed by atoms with van der Waals surface area (Å²) in [6.07, 6.45) is 2.12. The topological polar surface area (TPSA) is 23.8 Å². The first-order valence-corrected chi connectivity index (χ1v) is 5.50. The Hall–Kier alpha value is -2.07. The van der Waals surface area contributed by atoms with Crippen molar-refractivity contribution in [1.29, 1.82) is 5.26 Å². The van der Waals surface area contributed by atoms with Crippen molar-refractivity contribution < 1.29 is 0 Å². The molecule has 0 unspecified atom stereocenters. The van der Waals surface area contributed by atoms with E-state index in [9.17, 15) is 0 Å². The van der Waals surface area contributed by atoms with Crippen LogP contribution in [0.3, 0.4) is 0 Å². The highest BCUT2D eigenvalue weighted by atomic mass is 14.3. The van der Waals surface area contributed by atoms with Gasteiger partial charge in [0.2, 0.25) is 0 Å². The summed E-state index contributed by atoms with van der Waals surface area (Å²) in [4.78, 5) is 0. The molecule has 0 saturated carbocycles. The Balaban J connectivity index is 2.35. The lowest BCUT2D eigenvalue weighted by Gasteiger charge is -2.20. The fourth-order valence-corrected chi connectivity index (χ4v) is 2.47. The van der Waals surface area contributed by atoms with Gasteiger partial charge in [0.25, 0.3) is 0 Å². The molecular formula is C15H11N. The molecule has 0 fully saturated rings. The highest BCUT2D eigenvalue weighted by molar-refractivity contribution is 5.78. The highest BCUT2D eigenvalue weighted by Crippen LogP contribution is 2.35. The van der Waals surface area contributed by atoms with Crippen LogP contribution < -0.4 is 0 Å². The first-order valence-electron chi connectivity index (χ1n) is 5.50. The summed E-state index contributed by atoms with van der Waals surface area (Å²) in [5.41, 5.74) is 5.84. The summed E-state index contributed by atoms with van der Waals surface area (Å²) in [7, 11) is 0. The van der Waals surface area contributed by atoms with Gasteiger partial charge < -0.3 is 0 Å². The van der Waals surface area contributed by atoms with Crippen LogP contribution in [-0.2, 0) is 12.8 Å². The molecule has 1 aliphatic carbocycles. The number of hydrogen-bond donors (Lipinski definition) is 0. The SMILES string of the molecule is N#Cc1cccc2c1-c1ccccc1CC2. The van der Waals surface area contributed by atoms with E-state index in [0.29, 0.717) is 0 Å². The first-order chi connectivity index (χ1) is 7.90. The van der Waals surface area contributed by atoms with Crippen LogP contribution in [0.5, 0.6) is 0 Å². The summed E-state index contributed by atoms with van der Waals surface area (Å²) in [6, 6.07) is 16.7. The minimum Gasteiger partial charge on any atom is -0.192 e. The van der Waals surface area contributed by atoms with E-state index >= 15 is 0 Å². The Morgan fingerprint density at radius 3 is 2.50 bits per heavy atom. The Morgan fingerprint density at radius 2 is 1.62 bits per heavy atom. The van der Waals surface area contributed by atoms with Gasteiger partial charge in [0, 0.05) is 5.56 Å². The van der Waals surface area contributed by atoms with Crippen LogP contribution in [0.1, 0.15) is 16.7 Å². The maximum absolute atomic E-state index is 9.17. The maximum atomic E-state index is 9.17. The van der Waals surface area contributed by atoms with E-state index in [4.69, 9.17) is 5.26 Å². The molecule has 2 aromatic rings. The van der Waals surface area contributed by atoms with E-state index in [1.54, 1.807) is 0 Å². The maximum Gasteiger partial charge on any atom is 0.0998 e. The third-order valence-electron chi connectivity index (χ3n) is 3.22. The molecule has 0 heterocycles. The molecule has 0 bridgehead atoms. The van der Waals surface area contributed by atoms with Crippen LogP contribution in [0.25, 0.3) is 11.1 Å². The molecule has 0 atom stereocenters. The number of fused-ring (bicyclic) bond motifs is 3. The molecule has 0 amide bonds. The van der Waals surface area contributed by atoms with Crippen LogP contribution in [0.15, 0.2) is 42.5 Å². The lowest BCUT2D eigenvalue weighted by Crippen LogP contribution is -2.05. The van der Waals surface area contributed by atoms with Gasteiger partial charge in [0.05, 0.1) is 11.6 Å². The largest absolute Gasteiger partial charge is 0.192 e. The van der Waals surface area contributed by atoms with Crippen molar-refractivity contribution in [3.05, 3.63) is 59.2 Å². The third-order valence-corrected chi connectivity index (χ3v) is 3.22. The normalized spacial score (nSPS) is 12.4. The van der Waals surface area contributed by atoms with Gasteiger partial charge in [0.15, 0.2) is 0 Å². The zero-order valence-corrected chi connectivity index (χ0v) is 8.90. The molecular weight excluding hydrogens is 194 g/mol. The van der Waals surface area contributed by atoms with Crippen molar-refractivity contribution >= 4 is 0 Å². The smallest absolute Gasteiger partial charge is 0.0998 e. The van der Waals surface area contributed by atoms with Gasteiger partial charge >= 0.3 is 0 Å². The van der Waals surface area contributed by atoms with E-state index in [-0.39, 0.29) is 0 Å². The van der Waals surface area contributed by atoms with Crippen molar-refractivity contribution in [3.8, 4) is 17.2 Å².